The molecule has 20 heavy (non-hydrogen) atoms. The molecule has 2 fully saturated rings. The summed E-state index contributed by atoms with van der Waals surface area (Å²) < 4.78 is 18.9. The first-order chi connectivity index (χ1) is 9.72. The van der Waals surface area contributed by atoms with Gasteiger partial charge in [0.05, 0.1) is 7.11 Å². The summed E-state index contributed by atoms with van der Waals surface area (Å²) in [5.41, 5.74) is 0.957. The van der Waals surface area contributed by atoms with Gasteiger partial charge in [-0.1, -0.05) is 6.92 Å². The summed E-state index contributed by atoms with van der Waals surface area (Å²) in [6, 6.07) is 5.40. The van der Waals surface area contributed by atoms with E-state index in [1.165, 1.54) is 6.07 Å². The molecule has 0 spiro atoms. The average Bonchev–Trinajstić information content (AvgIpc) is 2.99. The zero-order valence-electron chi connectivity index (χ0n) is 12.2. The number of benzene rings is 1. The molecule has 0 aromatic heterocycles. The number of hydrogen-bond acceptors (Lipinski definition) is 3. The van der Waals surface area contributed by atoms with E-state index in [2.05, 4.69) is 17.1 Å². The van der Waals surface area contributed by atoms with Gasteiger partial charge in [0.2, 0.25) is 0 Å². The van der Waals surface area contributed by atoms with Gasteiger partial charge in [0.25, 0.3) is 0 Å². The average molecular weight is 278 g/mol. The van der Waals surface area contributed by atoms with E-state index in [1.807, 2.05) is 0 Å². The van der Waals surface area contributed by atoms with Crippen LogP contribution in [0.25, 0.3) is 0 Å². The molecule has 0 amide bonds. The van der Waals surface area contributed by atoms with Crippen molar-refractivity contribution in [2.45, 2.75) is 25.9 Å². The van der Waals surface area contributed by atoms with Crippen molar-refractivity contribution >= 4 is 0 Å². The highest BCUT2D eigenvalue weighted by Gasteiger charge is 2.43. The molecular weight excluding hydrogens is 255 g/mol. The lowest BCUT2D eigenvalue weighted by atomic mass is 9.93. The van der Waals surface area contributed by atoms with E-state index in [0.717, 1.165) is 55.7 Å². The molecule has 3 atom stereocenters. The molecular formula is C16H23FN2O. The highest BCUT2D eigenvalue weighted by atomic mass is 19.1. The van der Waals surface area contributed by atoms with Crippen LogP contribution in [0.3, 0.4) is 0 Å². The molecule has 1 aromatic rings. The fraction of sp³-hybridized carbons (Fsp3) is 0.625. The van der Waals surface area contributed by atoms with Crippen molar-refractivity contribution in [2.24, 2.45) is 11.8 Å². The number of ether oxygens (including phenoxy) is 1. The lowest BCUT2D eigenvalue weighted by molar-refractivity contribution is 0.207. The van der Waals surface area contributed by atoms with Crippen LogP contribution in [0.4, 0.5) is 4.39 Å². The van der Waals surface area contributed by atoms with Crippen molar-refractivity contribution in [3.8, 4) is 5.75 Å². The molecule has 0 bridgehead atoms. The molecule has 0 saturated carbocycles. The number of nitrogens with zero attached hydrogens (tertiary/aromatic N) is 1. The lowest BCUT2D eigenvalue weighted by Crippen LogP contribution is -2.34. The second kappa shape index (κ2) is 5.70. The quantitative estimate of drug-likeness (QED) is 0.914. The van der Waals surface area contributed by atoms with Crippen LogP contribution in [0.1, 0.15) is 18.9 Å². The van der Waals surface area contributed by atoms with Crippen LogP contribution in [0.2, 0.25) is 0 Å². The molecule has 2 saturated heterocycles. The molecule has 0 radical (unpaired) electrons. The summed E-state index contributed by atoms with van der Waals surface area (Å²) in [7, 11) is 1.65. The van der Waals surface area contributed by atoms with E-state index < -0.39 is 0 Å². The van der Waals surface area contributed by atoms with E-state index in [-0.39, 0.29) is 5.82 Å². The van der Waals surface area contributed by atoms with Gasteiger partial charge in [0, 0.05) is 24.7 Å². The Balaban J connectivity index is 1.79. The van der Waals surface area contributed by atoms with Gasteiger partial charge in [-0.2, -0.15) is 0 Å². The smallest absolute Gasteiger partial charge is 0.123 e. The summed E-state index contributed by atoms with van der Waals surface area (Å²) in [6.07, 6.45) is 1.15. The Morgan fingerprint density at radius 3 is 3.00 bits per heavy atom. The van der Waals surface area contributed by atoms with Gasteiger partial charge in [-0.05, 0) is 49.5 Å². The third kappa shape index (κ3) is 2.42. The second-order valence-electron chi connectivity index (χ2n) is 5.94. The molecule has 2 heterocycles. The highest BCUT2D eigenvalue weighted by Crippen LogP contribution is 2.36. The van der Waals surface area contributed by atoms with Crippen molar-refractivity contribution in [1.82, 2.24) is 10.2 Å². The normalized spacial score (nSPS) is 29.6. The van der Waals surface area contributed by atoms with Crippen molar-refractivity contribution in [2.75, 3.05) is 26.7 Å². The number of fused-ring (bicyclic) bond motifs is 1. The molecule has 2 aliphatic rings. The molecule has 3 unspecified atom stereocenters. The summed E-state index contributed by atoms with van der Waals surface area (Å²) in [5.74, 6) is 2.10. The van der Waals surface area contributed by atoms with E-state index in [9.17, 15) is 4.39 Å². The van der Waals surface area contributed by atoms with E-state index in [0.29, 0.717) is 6.04 Å². The molecule has 1 aromatic carbocycles. The Morgan fingerprint density at radius 2 is 2.25 bits per heavy atom. The van der Waals surface area contributed by atoms with Gasteiger partial charge in [-0.25, -0.2) is 4.39 Å². The first-order valence-corrected chi connectivity index (χ1v) is 7.50. The zero-order valence-corrected chi connectivity index (χ0v) is 12.2. The fourth-order valence-corrected chi connectivity index (χ4v) is 3.94. The van der Waals surface area contributed by atoms with Gasteiger partial charge >= 0.3 is 0 Å². The SMILES string of the molecule is CCC1C2CNCC2CN1Cc1cc(F)ccc1OC. The maximum atomic E-state index is 13.5. The lowest BCUT2D eigenvalue weighted by Gasteiger charge is -2.27. The number of halogens is 1. The molecule has 3 rings (SSSR count). The van der Waals surface area contributed by atoms with Gasteiger partial charge in [-0.15, -0.1) is 0 Å². The Morgan fingerprint density at radius 1 is 1.40 bits per heavy atom. The van der Waals surface area contributed by atoms with Gasteiger partial charge in [-0.3, -0.25) is 4.90 Å². The highest BCUT2D eigenvalue weighted by molar-refractivity contribution is 5.34. The van der Waals surface area contributed by atoms with Crippen LogP contribution in [-0.4, -0.2) is 37.7 Å². The number of nitrogens with one attached hydrogen (secondary N) is 1. The topological polar surface area (TPSA) is 24.5 Å². The molecule has 1 N–H and O–H groups in total. The number of hydrogen-bond donors (Lipinski definition) is 1. The summed E-state index contributed by atoms with van der Waals surface area (Å²) in [4.78, 5) is 2.51. The predicted molar refractivity (Wildman–Crippen MR) is 77.3 cm³/mol. The van der Waals surface area contributed by atoms with Crippen LogP contribution >= 0.6 is 0 Å². The summed E-state index contributed by atoms with van der Waals surface area (Å²) in [5, 5.41) is 3.49. The predicted octanol–water partition coefficient (Wildman–Crippen LogP) is 2.26. The molecule has 110 valence electrons. The molecule has 2 aliphatic heterocycles. The number of rotatable bonds is 4. The van der Waals surface area contributed by atoms with Crippen LogP contribution < -0.4 is 10.1 Å². The van der Waals surface area contributed by atoms with Gasteiger partial charge in [0.1, 0.15) is 11.6 Å². The summed E-state index contributed by atoms with van der Waals surface area (Å²) >= 11 is 0. The van der Waals surface area contributed by atoms with Gasteiger partial charge in [0.15, 0.2) is 0 Å². The minimum atomic E-state index is -0.185. The maximum absolute atomic E-state index is 13.5. The van der Waals surface area contributed by atoms with E-state index in [4.69, 9.17) is 4.74 Å². The minimum Gasteiger partial charge on any atom is -0.496 e. The molecule has 0 aliphatic carbocycles. The van der Waals surface area contributed by atoms with Crippen molar-refractivity contribution in [1.29, 1.82) is 0 Å². The Hall–Kier alpha value is -1.13. The third-order valence-corrected chi connectivity index (χ3v) is 4.86. The standard InChI is InChI=1S/C16H23FN2O/c1-3-15-14-8-18-7-12(14)10-19(15)9-11-6-13(17)4-5-16(11)20-2/h4-6,12,14-15,18H,3,7-10H2,1-2H3. The first-order valence-electron chi connectivity index (χ1n) is 7.50. The maximum Gasteiger partial charge on any atom is 0.123 e. The van der Waals surface area contributed by atoms with Crippen LogP contribution in [-0.2, 0) is 6.54 Å². The van der Waals surface area contributed by atoms with Crippen LogP contribution in [0.15, 0.2) is 18.2 Å². The van der Waals surface area contributed by atoms with Crippen LogP contribution in [0.5, 0.6) is 5.75 Å². The monoisotopic (exact) mass is 278 g/mol. The van der Waals surface area contributed by atoms with Gasteiger partial charge < -0.3 is 10.1 Å². The third-order valence-electron chi connectivity index (χ3n) is 4.86. The molecule has 4 heteroatoms. The van der Waals surface area contributed by atoms with E-state index >= 15 is 0 Å². The zero-order chi connectivity index (χ0) is 14.1. The number of likely N-dealkylation sites (tertiary alicyclic amines) is 1. The van der Waals surface area contributed by atoms with Crippen molar-refractivity contribution < 1.29 is 9.13 Å². The van der Waals surface area contributed by atoms with Crippen LogP contribution in [0, 0.1) is 17.7 Å². The minimum absolute atomic E-state index is 0.185. The van der Waals surface area contributed by atoms with E-state index in [1.54, 1.807) is 19.2 Å². The Bertz CT molecular complexity index is 480. The Labute approximate surface area is 120 Å². The number of methoxy groups -OCH3 is 1. The largest absolute Gasteiger partial charge is 0.496 e. The van der Waals surface area contributed by atoms with Crippen molar-refractivity contribution in [3.05, 3.63) is 29.6 Å². The van der Waals surface area contributed by atoms with Crippen molar-refractivity contribution in [3.63, 3.8) is 0 Å². The fourth-order valence-electron chi connectivity index (χ4n) is 3.94. The second-order valence-corrected chi connectivity index (χ2v) is 5.94. The Kier molecular flexibility index (Phi) is 3.94. The summed E-state index contributed by atoms with van der Waals surface area (Å²) in [6.45, 7) is 6.39. The molecule has 3 nitrogen and oxygen atoms in total. The first kappa shape index (κ1) is 13.8.